The number of rotatable bonds is 8. The number of fused-ring (bicyclic) bond motifs is 1. The van der Waals surface area contributed by atoms with E-state index in [1.54, 1.807) is 24.3 Å². The Morgan fingerprint density at radius 3 is 2.35 bits per heavy atom. The maximum Gasteiger partial charge on any atom is 0.303 e. The molecule has 0 bridgehead atoms. The minimum Gasteiger partial charge on any atom is -0.481 e. The standard InChI is InChI=1S/C22H31N5O6S/c23-10-4-3-7-15-21(32)27-17(19(24)30)12-34-11-13-5-1-2-6-14(13)20(31)25-16(22(33)26-15)8-9-18(28)29/h1-2,5-6,15-17H,3-4,7-12,23H2,(H2,24,30)(H,25,31)(H,26,33)(H,27,32)(H,28,29)/t15-,16-,17-/m0/s1. The summed E-state index contributed by atoms with van der Waals surface area (Å²) < 4.78 is 0. The van der Waals surface area contributed by atoms with Crippen LogP contribution in [0.25, 0.3) is 0 Å². The number of thioether (sulfide) groups is 1. The number of nitrogens with two attached hydrogens (primary N) is 2. The van der Waals surface area contributed by atoms with Crippen LogP contribution in [0.5, 0.6) is 0 Å². The first kappa shape index (κ1) is 27.1. The van der Waals surface area contributed by atoms with E-state index in [9.17, 15) is 24.0 Å². The van der Waals surface area contributed by atoms with Crippen molar-refractivity contribution in [2.45, 2.75) is 56.0 Å². The summed E-state index contributed by atoms with van der Waals surface area (Å²) in [7, 11) is 0. The maximum atomic E-state index is 13.0. The quantitative estimate of drug-likeness (QED) is 0.260. The van der Waals surface area contributed by atoms with Crippen LogP contribution in [0, 0.1) is 0 Å². The molecule has 1 heterocycles. The van der Waals surface area contributed by atoms with E-state index in [1.807, 2.05) is 0 Å². The number of carbonyl (C=O) groups is 5. The molecule has 1 aromatic carbocycles. The molecule has 0 saturated carbocycles. The van der Waals surface area contributed by atoms with Crippen LogP contribution in [0.3, 0.4) is 0 Å². The first-order valence-electron chi connectivity index (χ1n) is 11.0. The molecule has 0 unspecified atom stereocenters. The van der Waals surface area contributed by atoms with Gasteiger partial charge in [-0.05, 0) is 43.9 Å². The largest absolute Gasteiger partial charge is 0.481 e. The van der Waals surface area contributed by atoms with Crippen LogP contribution >= 0.6 is 11.8 Å². The number of amides is 4. The number of unbranched alkanes of at least 4 members (excludes halogenated alkanes) is 1. The van der Waals surface area contributed by atoms with Gasteiger partial charge in [0.25, 0.3) is 5.91 Å². The van der Waals surface area contributed by atoms with Crippen molar-refractivity contribution in [2.24, 2.45) is 11.5 Å². The molecule has 2 rings (SSSR count). The minimum atomic E-state index is -1.18. The van der Waals surface area contributed by atoms with Gasteiger partial charge in [0.2, 0.25) is 17.7 Å². The first-order valence-corrected chi connectivity index (χ1v) is 12.2. The number of hydrogen-bond acceptors (Lipinski definition) is 7. The summed E-state index contributed by atoms with van der Waals surface area (Å²) >= 11 is 1.32. The zero-order chi connectivity index (χ0) is 25.1. The van der Waals surface area contributed by atoms with Crippen LogP contribution in [-0.4, -0.2) is 65.1 Å². The number of carbonyl (C=O) groups excluding carboxylic acids is 4. The van der Waals surface area contributed by atoms with Gasteiger partial charge in [0.15, 0.2) is 0 Å². The van der Waals surface area contributed by atoms with E-state index in [0.717, 1.165) is 0 Å². The number of benzene rings is 1. The van der Waals surface area contributed by atoms with Crippen molar-refractivity contribution in [1.82, 2.24) is 16.0 Å². The highest BCUT2D eigenvalue weighted by atomic mass is 32.2. The molecule has 12 heteroatoms. The third-order valence-electron chi connectivity index (χ3n) is 5.31. The number of hydrogen-bond donors (Lipinski definition) is 6. The molecule has 0 aromatic heterocycles. The predicted molar refractivity (Wildman–Crippen MR) is 127 cm³/mol. The molecule has 34 heavy (non-hydrogen) atoms. The minimum absolute atomic E-state index is 0.162. The molecule has 0 saturated heterocycles. The van der Waals surface area contributed by atoms with Crippen LogP contribution < -0.4 is 27.4 Å². The van der Waals surface area contributed by atoms with Gasteiger partial charge < -0.3 is 32.5 Å². The fourth-order valence-corrected chi connectivity index (χ4v) is 4.50. The van der Waals surface area contributed by atoms with Crippen molar-refractivity contribution in [3.05, 3.63) is 35.4 Å². The molecule has 1 aliphatic rings. The smallest absolute Gasteiger partial charge is 0.303 e. The lowest BCUT2D eigenvalue weighted by Crippen LogP contribution is -2.57. The van der Waals surface area contributed by atoms with Crippen LogP contribution in [0.15, 0.2) is 24.3 Å². The number of nitrogens with one attached hydrogen (secondary N) is 3. The normalized spacial score (nSPS) is 21.9. The highest BCUT2D eigenvalue weighted by Gasteiger charge is 2.30. The summed E-state index contributed by atoms with van der Waals surface area (Å²) in [5, 5.41) is 16.9. The van der Waals surface area contributed by atoms with Gasteiger partial charge in [-0.2, -0.15) is 11.8 Å². The number of carboxylic acid groups (broad SMARTS) is 1. The lowest BCUT2D eigenvalue weighted by molar-refractivity contribution is -0.137. The average molecular weight is 494 g/mol. The second-order valence-corrected chi connectivity index (χ2v) is 8.97. The van der Waals surface area contributed by atoms with Crippen molar-refractivity contribution in [3.8, 4) is 0 Å². The summed E-state index contributed by atoms with van der Waals surface area (Å²) in [6.45, 7) is 0.402. The SMILES string of the molecule is NCCCC[C@@H]1NC(=O)[C@H](CCC(=O)O)NC(=O)c2ccccc2CSC[C@@H](C(N)=O)NC1=O. The van der Waals surface area contributed by atoms with E-state index in [0.29, 0.717) is 36.3 Å². The lowest BCUT2D eigenvalue weighted by Gasteiger charge is -2.25. The zero-order valence-electron chi connectivity index (χ0n) is 18.7. The Labute approximate surface area is 201 Å². The van der Waals surface area contributed by atoms with Gasteiger partial charge in [0.05, 0.1) is 0 Å². The molecule has 4 amide bonds. The Morgan fingerprint density at radius 1 is 1.00 bits per heavy atom. The molecule has 0 fully saturated rings. The number of aliphatic carboxylic acids is 1. The van der Waals surface area contributed by atoms with Gasteiger partial charge in [0.1, 0.15) is 18.1 Å². The van der Waals surface area contributed by atoms with Crippen molar-refractivity contribution < 1.29 is 29.1 Å². The van der Waals surface area contributed by atoms with E-state index in [4.69, 9.17) is 16.6 Å². The summed E-state index contributed by atoms with van der Waals surface area (Å²) in [4.78, 5) is 62.0. The van der Waals surface area contributed by atoms with Gasteiger partial charge in [0, 0.05) is 23.5 Å². The highest BCUT2D eigenvalue weighted by Crippen LogP contribution is 2.19. The molecule has 1 aliphatic heterocycles. The Bertz CT molecular complexity index is 912. The van der Waals surface area contributed by atoms with E-state index < -0.39 is 47.7 Å². The third-order valence-corrected chi connectivity index (χ3v) is 6.40. The van der Waals surface area contributed by atoms with Crippen LogP contribution in [-0.2, 0) is 24.9 Å². The van der Waals surface area contributed by atoms with Gasteiger partial charge in [-0.15, -0.1) is 0 Å². The molecular weight excluding hydrogens is 462 g/mol. The Morgan fingerprint density at radius 2 is 1.68 bits per heavy atom. The van der Waals surface area contributed by atoms with Crippen molar-refractivity contribution >= 4 is 41.4 Å². The summed E-state index contributed by atoms with van der Waals surface area (Å²) in [6.07, 6.45) is 0.874. The number of primary amides is 1. The summed E-state index contributed by atoms with van der Waals surface area (Å²) in [5.41, 5.74) is 12.0. The predicted octanol–water partition coefficient (Wildman–Crippen LogP) is -0.519. The number of carboxylic acids is 1. The van der Waals surface area contributed by atoms with Crippen molar-refractivity contribution in [3.63, 3.8) is 0 Å². The summed E-state index contributed by atoms with van der Waals surface area (Å²) in [6, 6.07) is 3.62. The van der Waals surface area contributed by atoms with E-state index >= 15 is 0 Å². The first-order chi connectivity index (χ1) is 16.2. The van der Waals surface area contributed by atoms with Crippen molar-refractivity contribution in [2.75, 3.05) is 12.3 Å². The fourth-order valence-electron chi connectivity index (χ4n) is 3.43. The van der Waals surface area contributed by atoms with Crippen LogP contribution in [0.2, 0.25) is 0 Å². The molecule has 0 aliphatic carbocycles. The fraction of sp³-hybridized carbons (Fsp3) is 0.500. The second kappa shape index (κ2) is 13.6. The Kier molecular flexibility index (Phi) is 10.8. The third kappa shape index (κ3) is 8.34. The van der Waals surface area contributed by atoms with Crippen molar-refractivity contribution in [1.29, 1.82) is 0 Å². The molecule has 0 spiro atoms. The lowest BCUT2D eigenvalue weighted by atomic mass is 10.0. The van der Waals surface area contributed by atoms with Gasteiger partial charge in [-0.25, -0.2) is 0 Å². The Hall–Kier alpha value is -3.12. The topological polar surface area (TPSA) is 194 Å². The van der Waals surface area contributed by atoms with Gasteiger partial charge in [-0.3, -0.25) is 24.0 Å². The second-order valence-electron chi connectivity index (χ2n) is 7.94. The molecule has 11 nitrogen and oxygen atoms in total. The molecular formula is C22H31N5O6S. The zero-order valence-corrected chi connectivity index (χ0v) is 19.6. The maximum absolute atomic E-state index is 13.0. The molecule has 1 aromatic rings. The molecule has 0 radical (unpaired) electrons. The molecule has 186 valence electrons. The molecule has 8 N–H and O–H groups in total. The average Bonchev–Trinajstić information content (AvgIpc) is 2.79. The Balaban J connectivity index is 2.38. The van der Waals surface area contributed by atoms with E-state index in [1.165, 1.54) is 11.8 Å². The monoisotopic (exact) mass is 493 g/mol. The summed E-state index contributed by atoms with van der Waals surface area (Å²) in [5.74, 6) is -3.12. The van der Waals surface area contributed by atoms with E-state index in [-0.39, 0.29) is 25.0 Å². The van der Waals surface area contributed by atoms with E-state index in [2.05, 4.69) is 16.0 Å². The van der Waals surface area contributed by atoms with Gasteiger partial charge >= 0.3 is 5.97 Å². The van der Waals surface area contributed by atoms with Crippen LogP contribution in [0.4, 0.5) is 0 Å². The molecule has 3 atom stereocenters. The highest BCUT2D eigenvalue weighted by molar-refractivity contribution is 7.98. The van der Waals surface area contributed by atoms with Gasteiger partial charge in [-0.1, -0.05) is 18.2 Å². The van der Waals surface area contributed by atoms with Crippen LogP contribution in [0.1, 0.15) is 48.0 Å².